The Kier molecular flexibility index (Phi) is 3.71. The second-order valence-electron chi connectivity index (χ2n) is 5.75. The van der Waals surface area contributed by atoms with Crippen LogP contribution in [0, 0.1) is 0 Å². The van der Waals surface area contributed by atoms with E-state index in [9.17, 15) is 0 Å². The van der Waals surface area contributed by atoms with Crippen molar-refractivity contribution >= 4 is 0 Å². The van der Waals surface area contributed by atoms with Crippen LogP contribution < -0.4 is 5.73 Å². The highest BCUT2D eigenvalue weighted by molar-refractivity contribution is 5.28. The van der Waals surface area contributed by atoms with Gasteiger partial charge >= 0.3 is 0 Å². The van der Waals surface area contributed by atoms with Gasteiger partial charge in [-0.1, -0.05) is 6.42 Å². The smallest absolute Gasteiger partial charge is 0.0593 e. The van der Waals surface area contributed by atoms with Gasteiger partial charge in [-0.05, 0) is 49.7 Å². The Morgan fingerprint density at radius 2 is 2.17 bits per heavy atom. The Labute approximate surface area is 109 Å². The molecule has 2 aliphatic rings. The van der Waals surface area contributed by atoms with Crippen molar-refractivity contribution < 1.29 is 4.74 Å². The highest BCUT2D eigenvalue weighted by Crippen LogP contribution is 2.28. The van der Waals surface area contributed by atoms with Crippen molar-refractivity contribution in [3.05, 3.63) is 23.5 Å². The Balaban J connectivity index is 1.64. The van der Waals surface area contributed by atoms with Gasteiger partial charge in [0.1, 0.15) is 0 Å². The lowest BCUT2D eigenvalue weighted by Gasteiger charge is -2.10. The molecule has 0 spiro atoms. The van der Waals surface area contributed by atoms with Crippen LogP contribution in [0.3, 0.4) is 0 Å². The molecule has 1 saturated heterocycles. The first-order chi connectivity index (χ1) is 8.83. The summed E-state index contributed by atoms with van der Waals surface area (Å²) in [5, 5.41) is 0. The molecule has 3 rings (SSSR count). The first-order valence-electron chi connectivity index (χ1n) is 7.38. The molecule has 3 heteroatoms. The maximum absolute atomic E-state index is 6.24. The first-order valence-corrected chi connectivity index (χ1v) is 7.38. The summed E-state index contributed by atoms with van der Waals surface area (Å²) >= 11 is 0. The van der Waals surface area contributed by atoms with Crippen molar-refractivity contribution in [1.82, 2.24) is 4.57 Å². The average molecular weight is 248 g/mol. The molecule has 2 atom stereocenters. The number of nitrogens with zero attached hydrogens (tertiary/aromatic N) is 1. The molecule has 1 fully saturated rings. The van der Waals surface area contributed by atoms with Gasteiger partial charge in [-0.15, -0.1) is 0 Å². The van der Waals surface area contributed by atoms with Crippen LogP contribution in [-0.2, 0) is 17.7 Å². The molecule has 2 N–H and O–H groups in total. The van der Waals surface area contributed by atoms with Crippen LogP contribution >= 0.6 is 0 Å². The van der Waals surface area contributed by atoms with Crippen molar-refractivity contribution in [3.8, 4) is 0 Å². The third-order valence-corrected chi connectivity index (χ3v) is 4.34. The summed E-state index contributed by atoms with van der Waals surface area (Å²) in [4.78, 5) is 0. The van der Waals surface area contributed by atoms with Crippen LogP contribution in [-0.4, -0.2) is 17.3 Å². The minimum atomic E-state index is 0.256. The molecule has 0 amide bonds. The highest BCUT2D eigenvalue weighted by Gasteiger charge is 2.19. The summed E-state index contributed by atoms with van der Waals surface area (Å²) in [6, 6.07) is 0.256. The number of fused-ring (bicyclic) bond motifs is 1. The van der Waals surface area contributed by atoms with E-state index in [0.717, 1.165) is 26.0 Å². The number of rotatable bonds is 3. The highest BCUT2D eigenvalue weighted by atomic mass is 16.5. The maximum atomic E-state index is 6.24. The Hall–Kier alpha value is -0.800. The summed E-state index contributed by atoms with van der Waals surface area (Å²) in [7, 11) is 0. The quantitative estimate of drug-likeness (QED) is 0.836. The summed E-state index contributed by atoms with van der Waals surface area (Å²) < 4.78 is 8.01. The van der Waals surface area contributed by atoms with Crippen molar-refractivity contribution in [2.75, 3.05) is 6.61 Å². The lowest BCUT2D eigenvalue weighted by Crippen LogP contribution is -2.10. The standard InChI is InChI=1S/C15H24N2O/c16-15-6-2-1-4-12-10-17(11-14(12)15)8-7-13-5-3-9-18-13/h10-11,13,15H,1-9,16H2. The number of aromatic nitrogens is 1. The van der Waals surface area contributed by atoms with E-state index in [0.29, 0.717) is 6.10 Å². The van der Waals surface area contributed by atoms with Crippen LogP contribution in [0.15, 0.2) is 12.4 Å². The molecule has 2 unspecified atom stereocenters. The fourth-order valence-electron chi connectivity index (χ4n) is 3.25. The van der Waals surface area contributed by atoms with E-state index in [4.69, 9.17) is 10.5 Å². The molecular formula is C15H24N2O. The molecule has 100 valence electrons. The Bertz CT molecular complexity index is 393. The van der Waals surface area contributed by atoms with Crippen LogP contribution in [0.4, 0.5) is 0 Å². The number of ether oxygens (including phenoxy) is 1. The van der Waals surface area contributed by atoms with Gasteiger partial charge in [0.2, 0.25) is 0 Å². The second kappa shape index (κ2) is 5.45. The van der Waals surface area contributed by atoms with E-state index in [1.165, 1.54) is 43.2 Å². The van der Waals surface area contributed by atoms with E-state index in [1.54, 1.807) is 0 Å². The molecular weight excluding hydrogens is 224 g/mol. The van der Waals surface area contributed by atoms with Crippen LogP contribution in [0.1, 0.15) is 55.7 Å². The average Bonchev–Trinajstić information content (AvgIpc) is 2.98. The lowest BCUT2D eigenvalue weighted by molar-refractivity contribution is 0.100. The topological polar surface area (TPSA) is 40.2 Å². The molecule has 0 aromatic carbocycles. The lowest BCUT2D eigenvalue weighted by atomic mass is 10.1. The SMILES string of the molecule is NC1CCCCc2cn(CCC3CCCO3)cc21. The molecule has 18 heavy (non-hydrogen) atoms. The zero-order valence-corrected chi connectivity index (χ0v) is 11.1. The van der Waals surface area contributed by atoms with E-state index in [1.807, 2.05) is 0 Å². The zero-order valence-electron chi connectivity index (χ0n) is 11.1. The molecule has 0 bridgehead atoms. The minimum absolute atomic E-state index is 0.256. The van der Waals surface area contributed by atoms with Crippen LogP contribution in [0.5, 0.6) is 0 Å². The predicted molar refractivity (Wildman–Crippen MR) is 72.5 cm³/mol. The number of nitrogens with two attached hydrogens (primary N) is 1. The molecule has 2 heterocycles. The number of aryl methyl sites for hydroxylation is 2. The van der Waals surface area contributed by atoms with Crippen molar-refractivity contribution in [1.29, 1.82) is 0 Å². The summed E-state index contributed by atoms with van der Waals surface area (Å²) in [5.41, 5.74) is 9.11. The van der Waals surface area contributed by atoms with Gasteiger partial charge in [0.25, 0.3) is 0 Å². The molecule has 0 radical (unpaired) electrons. The summed E-state index contributed by atoms with van der Waals surface area (Å²) in [6.45, 7) is 2.03. The molecule has 0 saturated carbocycles. The fourth-order valence-corrected chi connectivity index (χ4v) is 3.25. The molecule has 3 nitrogen and oxygen atoms in total. The minimum Gasteiger partial charge on any atom is -0.378 e. The third kappa shape index (κ3) is 2.62. The van der Waals surface area contributed by atoms with Crippen LogP contribution in [0.2, 0.25) is 0 Å². The zero-order chi connectivity index (χ0) is 12.4. The van der Waals surface area contributed by atoms with Gasteiger partial charge < -0.3 is 15.0 Å². The van der Waals surface area contributed by atoms with E-state index in [-0.39, 0.29) is 6.04 Å². The molecule has 1 aromatic heterocycles. The first kappa shape index (κ1) is 12.2. The second-order valence-corrected chi connectivity index (χ2v) is 5.75. The van der Waals surface area contributed by atoms with Gasteiger partial charge in [0, 0.05) is 31.6 Å². The van der Waals surface area contributed by atoms with Gasteiger partial charge in [-0.25, -0.2) is 0 Å². The largest absolute Gasteiger partial charge is 0.378 e. The van der Waals surface area contributed by atoms with Crippen molar-refractivity contribution in [2.45, 2.75) is 63.6 Å². The van der Waals surface area contributed by atoms with E-state index >= 15 is 0 Å². The van der Waals surface area contributed by atoms with Gasteiger partial charge in [0.05, 0.1) is 6.10 Å². The van der Waals surface area contributed by atoms with E-state index in [2.05, 4.69) is 17.0 Å². The van der Waals surface area contributed by atoms with Crippen LogP contribution in [0.25, 0.3) is 0 Å². The summed E-state index contributed by atoms with van der Waals surface area (Å²) in [6.07, 6.45) is 13.6. The monoisotopic (exact) mass is 248 g/mol. The fraction of sp³-hybridized carbons (Fsp3) is 0.733. The summed E-state index contributed by atoms with van der Waals surface area (Å²) in [5.74, 6) is 0. The predicted octanol–water partition coefficient (Wildman–Crippen LogP) is 2.78. The maximum Gasteiger partial charge on any atom is 0.0593 e. The third-order valence-electron chi connectivity index (χ3n) is 4.34. The van der Waals surface area contributed by atoms with Gasteiger partial charge in [-0.2, -0.15) is 0 Å². The van der Waals surface area contributed by atoms with Crippen molar-refractivity contribution in [2.24, 2.45) is 5.73 Å². The van der Waals surface area contributed by atoms with Crippen molar-refractivity contribution in [3.63, 3.8) is 0 Å². The number of hydrogen-bond acceptors (Lipinski definition) is 2. The van der Waals surface area contributed by atoms with E-state index < -0.39 is 0 Å². The molecule has 1 aliphatic carbocycles. The Morgan fingerprint density at radius 3 is 3.00 bits per heavy atom. The normalized spacial score (nSPS) is 28.1. The Morgan fingerprint density at radius 1 is 1.22 bits per heavy atom. The molecule has 1 aromatic rings. The number of hydrogen-bond donors (Lipinski definition) is 1. The molecule has 1 aliphatic heterocycles. The van der Waals surface area contributed by atoms with Gasteiger partial charge in [0.15, 0.2) is 0 Å². The van der Waals surface area contributed by atoms with Gasteiger partial charge in [-0.3, -0.25) is 0 Å².